The molecule has 0 aliphatic heterocycles. The van der Waals surface area contributed by atoms with Crippen LogP contribution in [0, 0.1) is 0 Å². The van der Waals surface area contributed by atoms with Gasteiger partial charge in [-0.25, -0.2) is 4.79 Å². The SMILES string of the molecule is CC(/C=C/c1cccc(-c2cccc3ccccc23)c1)=C\C(=O)O. The van der Waals surface area contributed by atoms with Crippen LogP contribution in [-0.2, 0) is 4.79 Å². The van der Waals surface area contributed by atoms with Gasteiger partial charge in [-0.1, -0.05) is 72.8 Å². The number of carbonyl (C=O) groups is 1. The third kappa shape index (κ3) is 3.61. The van der Waals surface area contributed by atoms with Gasteiger partial charge in [0, 0.05) is 6.08 Å². The van der Waals surface area contributed by atoms with E-state index in [9.17, 15) is 4.79 Å². The van der Waals surface area contributed by atoms with Crippen molar-refractivity contribution in [2.24, 2.45) is 0 Å². The molecule has 2 nitrogen and oxygen atoms in total. The predicted octanol–water partition coefficient (Wildman–Crippen LogP) is 5.55. The lowest BCUT2D eigenvalue weighted by atomic mass is 9.97. The van der Waals surface area contributed by atoms with Crippen molar-refractivity contribution in [3.8, 4) is 11.1 Å². The number of benzene rings is 3. The average Bonchev–Trinajstić information content (AvgIpc) is 2.59. The van der Waals surface area contributed by atoms with Crippen molar-refractivity contribution in [3.05, 3.63) is 90.0 Å². The minimum absolute atomic E-state index is 0.707. The molecule has 3 aromatic rings. The molecule has 2 heteroatoms. The van der Waals surface area contributed by atoms with Crippen molar-refractivity contribution in [1.82, 2.24) is 0 Å². The Morgan fingerprint density at radius 2 is 1.71 bits per heavy atom. The topological polar surface area (TPSA) is 37.3 Å². The van der Waals surface area contributed by atoms with E-state index in [0.717, 1.165) is 11.1 Å². The van der Waals surface area contributed by atoms with Crippen LogP contribution in [0.15, 0.2) is 84.5 Å². The molecule has 3 aromatic carbocycles. The summed E-state index contributed by atoms with van der Waals surface area (Å²) in [7, 11) is 0. The van der Waals surface area contributed by atoms with E-state index in [2.05, 4.69) is 48.5 Å². The first-order chi connectivity index (χ1) is 11.6. The summed E-state index contributed by atoms with van der Waals surface area (Å²) >= 11 is 0. The molecule has 0 saturated carbocycles. The molecule has 24 heavy (non-hydrogen) atoms. The number of carboxylic acid groups (broad SMARTS) is 1. The molecule has 0 aliphatic rings. The summed E-state index contributed by atoms with van der Waals surface area (Å²) in [6.45, 7) is 1.78. The highest BCUT2D eigenvalue weighted by molar-refractivity contribution is 5.96. The van der Waals surface area contributed by atoms with Crippen molar-refractivity contribution in [2.75, 3.05) is 0 Å². The molecule has 3 rings (SSSR count). The van der Waals surface area contributed by atoms with Crippen LogP contribution in [0.3, 0.4) is 0 Å². The Kier molecular flexibility index (Phi) is 4.57. The zero-order chi connectivity index (χ0) is 16.9. The number of hydrogen-bond donors (Lipinski definition) is 1. The molecule has 0 aliphatic carbocycles. The van der Waals surface area contributed by atoms with Crippen molar-refractivity contribution < 1.29 is 9.90 Å². The summed E-state index contributed by atoms with van der Waals surface area (Å²) in [4.78, 5) is 10.7. The van der Waals surface area contributed by atoms with Crippen LogP contribution in [-0.4, -0.2) is 11.1 Å². The maximum absolute atomic E-state index is 10.7. The van der Waals surface area contributed by atoms with E-state index < -0.39 is 5.97 Å². The molecular formula is C22H18O2. The Bertz CT molecular complexity index is 944. The molecule has 0 fully saturated rings. The fourth-order valence-corrected chi connectivity index (χ4v) is 2.76. The molecule has 0 saturated heterocycles. The first kappa shape index (κ1) is 15.8. The monoisotopic (exact) mass is 314 g/mol. The highest BCUT2D eigenvalue weighted by Gasteiger charge is 2.03. The van der Waals surface area contributed by atoms with Gasteiger partial charge < -0.3 is 5.11 Å². The van der Waals surface area contributed by atoms with Crippen LogP contribution < -0.4 is 0 Å². The average molecular weight is 314 g/mol. The summed E-state index contributed by atoms with van der Waals surface area (Å²) in [6, 6.07) is 22.9. The van der Waals surface area contributed by atoms with Gasteiger partial charge in [0.15, 0.2) is 0 Å². The molecule has 0 atom stereocenters. The maximum Gasteiger partial charge on any atom is 0.328 e. The molecule has 0 unspecified atom stereocenters. The molecule has 1 N–H and O–H groups in total. The molecule has 0 amide bonds. The zero-order valence-electron chi connectivity index (χ0n) is 13.4. The molecule has 0 spiro atoms. The van der Waals surface area contributed by atoms with Crippen molar-refractivity contribution in [3.63, 3.8) is 0 Å². The summed E-state index contributed by atoms with van der Waals surface area (Å²) < 4.78 is 0. The predicted molar refractivity (Wildman–Crippen MR) is 99.8 cm³/mol. The maximum atomic E-state index is 10.7. The number of rotatable bonds is 4. The van der Waals surface area contributed by atoms with E-state index in [1.807, 2.05) is 30.4 Å². The van der Waals surface area contributed by atoms with Crippen LogP contribution in [0.5, 0.6) is 0 Å². The normalized spacial score (nSPS) is 12.0. The lowest BCUT2D eigenvalue weighted by molar-refractivity contribution is -0.131. The van der Waals surface area contributed by atoms with Gasteiger partial charge in [0.25, 0.3) is 0 Å². The minimum Gasteiger partial charge on any atom is -0.478 e. The smallest absolute Gasteiger partial charge is 0.328 e. The molecule has 0 bridgehead atoms. The standard InChI is InChI=1S/C22H18O2/c1-16(14-22(23)24)12-13-17-6-4-9-19(15-17)21-11-5-8-18-7-2-3-10-20(18)21/h2-15H,1H3,(H,23,24)/b13-12+,16-14+. The highest BCUT2D eigenvalue weighted by Crippen LogP contribution is 2.29. The second-order valence-electron chi connectivity index (χ2n) is 5.71. The first-order valence-corrected chi connectivity index (χ1v) is 7.81. The Balaban J connectivity index is 1.99. The number of allylic oxidation sites excluding steroid dienone is 2. The van der Waals surface area contributed by atoms with Gasteiger partial charge in [0.05, 0.1) is 0 Å². The fraction of sp³-hybridized carbons (Fsp3) is 0.0455. The summed E-state index contributed by atoms with van der Waals surface area (Å²) in [5, 5.41) is 11.2. The van der Waals surface area contributed by atoms with Crippen LogP contribution in [0.2, 0.25) is 0 Å². The van der Waals surface area contributed by atoms with E-state index in [0.29, 0.717) is 5.57 Å². The summed E-state index contributed by atoms with van der Waals surface area (Å²) in [5.41, 5.74) is 4.09. The Morgan fingerprint density at radius 1 is 0.958 bits per heavy atom. The highest BCUT2D eigenvalue weighted by atomic mass is 16.4. The van der Waals surface area contributed by atoms with Gasteiger partial charge in [0.1, 0.15) is 0 Å². The molecule has 0 radical (unpaired) electrons. The van der Waals surface area contributed by atoms with Crippen LogP contribution in [0.4, 0.5) is 0 Å². The van der Waals surface area contributed by atoms with Gasteiger partial charge in [-0.15, -0.1) is 0 Å². The number of fused-ring (bicyclic) bond motifs is 1. The second kappa shape index (κ2) is 6.97. The van der Waals surface area contributed by atoms with Crippen LogP contribution in [0.25, 0.3) is 28.0 Å². The lowest BCUT2D eigenvalue weighted by Gasteiger charge is -2.07. The van der Waals surface area contributed by atoms with Gasteiger partial charge in [-0.3, -0.25) is 0 Å². The second-order valence-corrected chi connectivity index (χ2v) is 5.71. The first-order valence-electron chi connectivity index (χ1n) is 7.81. The van der Waals surface area contributed by atoms with E-state index in [-0.39, 0.29) is 0 Å². The van der Waals surface area contributed by atoms with Gasteiger partial charge in [-0.05, 0) is 46.0 Å². The van der Waals surface area contributed by atoms with Gasteiger partial charge in [0.2, 0.25) is 0 Å². The number of aliphatic carboxylic acids is 1. The molecule has 118 valence electrons. The zero-order valence-corrected chi connectivity index (χ0v) is 13.4. The largest absolute Gasteiger partial charge is 0.478 e. The minimum atomic E-state index is -0.929. The summed E-state index contributed by atoms with van der Waals surface area (Å²) in [6.07, 6.45) is 4.95. The van der Waals surface area contributed by atoms with E-state index in [1.54, 1.807) is 6.92 Å². The van der Waals surface area contributed by atoms with Crippen LogP contribution >= 0.6 is 0 Å². The molecular weight excluding hydrogens is 296 g/mol. The number of carboxylic acids is 1. The van der Waals surface area contributed by atoms with Gasteiger partial charge in [-0.2, -0.15) is 0 Å². The molecule has 0 heterocycles. The van der Waals surface area contributed by atoms with E-state index in [1.165, 1.54) is 22.4 Å². The Morgan fingerprint density at radius 3 is 2.54 bits per heavy atom. The lowest BCUT2D eigenvalue weighted by Crippen LogP contribution is -1.87. The Labute approximate surface area is 141 Å². The fourth-order valence-electron chi connectivity index (χ4n) is 2.76. The van der Waals surface area contributed by atoms with Crippen molar-refractivity contribution in [2.45, 2.75) is 6.92 Å². The number of hydrogen-bond acceptors (Lipinski definition) is 1. The summed E-state index contributed by atoms with van der Waals surface area (Å²) in [5.74, 6) is -0.929. The van der Waals surface area contributed by atoms with Gasteiger partial charge >= 0.3 is 5.97 Å². The van der Waals surface area contributed by atoms with E-state index in [4.69, 9.17) is 5.11 Å². The molecule has 0 aromatic heterocycles. The van der Waals surface area contributed by atoms with Crippen LogP contribution in [0.1, 0.15) is 12.5 Å². The third-order valence-corrected chi connectivity index (χ3v) is 3.88. The third-order valence-electron chi connectivity index (χ3n) is 3.88. The quantitative estimate of drug-likeness (QED) is 0.506. The van der Waals surface area contributed by atoms with Crippen molar-refractivity contribution in [1.29, 1.82) is 0 Å². The van der Waals surface area contributed by atoms with E-state index >= 15 is 0 Å². The van der Waals surface area contributed by atoms with Crippen molar-refractivity contribution >= 4 is 22.8 Å². The Hall–Kier alpha value is -3.13.